The molecule has 100 valence electrons. The van der Waals surface area contributed by atoms with Crippen LogP contribution in [0.4, 0.5) is 0 Å². The van der Waals surface area contributed by atoms with Crippen LogP contribution in [0.2, 0.25) is 0 Å². The molecule has 7 nitrogen and oxygen atoms in total. The van der Waals surface area contributed by atoms with Gasteiger partial charge in [0.1, 0.15) is 6.54 Å². The highest BCUT2D eigenvalue weighted by molar-refractivity contribution is 6.01. The maximum atomic E-state index is 12.2. The van der Waals surface area contributed by atoms with E-state index in [2.05, 4.69) is 10.1 Å². The van der Waals surface area contributed by atoms with Crippen molar-refractivity contribution in [3.05, 3.63) is 30.4 Å². The number of aromatic nitrogens is 3. The van der Waals surface area contributed by atoms with Gasteiger partial charge in [0.25, 0.3) is 5.91 Å². The fourth-order valence-electron chi connectivity index (χ4n) is 1.68. The van der Waals surface area contributed by atoms with E-state index in [1.165, 1.54) is 11.1 Å². The van der Waals surface area contributed by atoms with Crippen LogP contribution in [0.15, 0.2) is 24.8 Å². The van der Waals surface area contributed by atoms with E-state index in [1.807, 2.05) is 0 Å². The molecule has 0 saturated carbocycles. The van der Waals surface area contributed by atoms with Crippen LogP contribution in [0.3, 0.4) is 0 Å². The summed E-state index contributed by atoms with van der Waals surface area (Å²) in [5, 5.41) is 4.05. The zero-order valence-corrected chi connectivity index (χ0v) is 10.7. The SMILES string of the molecule is CCOC(=O)CN(C)C(=O)c1cnn2ccncc12. The first-order valence-corrected chi connectivity index (χ1v) is 5.82. The van der Waals surface area contributed by atoms with Gasteiger partial charge in [-0.15, -0.1) is 0 Å². The molecule has 0 aromatic carbocycles. The summed E-state index contributed by atoms with van der Waals surface area (Å²) in [7, 11) is 1.54. The topological polar surface area (TPSA) is 76.8 Å². The van der Waals surface area contributed by atoms with Gasteiger partial charge in [0.2, 0.25) is 0 Å². The lowest BCUT2D eigenvalue weighted by molar-refractivity contribution is -0.143. The van der Waals surface area contributed by atoms with Gasteiger partial charge < -0.3 is 9.64 Å². The van der Waals surface area contributed by atoms with E-state index in [4.69, 9.17) is 4.74 Å². The van der Waals surface area contributed by atoms with E-state index in [0.29, 0.717) is 17.7 Å². The zero-order chi connectivity index (χ0) is 13.8. The number of amides is 1. The predicted molar refractivity (Wildman–Crippen MR) is 66.6 cm³/mol. The number of hydrogen-bond acceptors (Lipinski definition) is 5. The van der Waals surface area contributed by atoms with Crippen LogP contribution in [0.25, 0.3) is 5.52 Å². The van der Waals surface area contributed by atoms with Crippen LogP contribution in [0.5, 0.6) is 0 Å². The molecule has 0 aliphatic rings. The van der Waals surface area contributed by atoms with Gasteiger partial charge in [-0.05, 0) is 6.92 Å². The molecular weight excluding hydrogens is 248 g/mol. The van der Waals surface area contributed by atoms with Crippen molar-refractivity contribution in [1.29, 1.82) is 0 Å². The standard InChI is InChI=1S/C12H14N4O3/c1-3-19-11(17)8-15(2)12(18)9-6-14-16-5-4-13-7-10(9)16/h4-7H,3,8H2,1-2H3. The Labute approximate surface area is 109 Å². The van der Waals surface area contributed by atoms with Crippen LogP contribution < -0.4 is 0 Å². The molecule has 2 aromatic heterocycles. The minimum Gasteiger partial charge on any atom is -0.465 e. The third-order valence-electron chi connectivity index (χ3n) is 2.57. The Morgan fingerprint density at radius 2 is 2.21 bits per heavy atom. The largest absolute Gasteiger partial charge is 0.465 e. The molecule has 0 aliphatic heterocycles. The van der Waals surface area contributed by atoms with Crippen LogP contribution in [0.1, 0.15) is 17.3 Å². The highest BCUT2D eigenvalue weighted by Gasteiger charge is 2.19. The summed E-state index contributed by atoms with van der Waals surface area (Å²) in [6.07, 6.45) is 6.24. The highest BCUT2D eigenvalue weighted by Crippen LogP contribution is 2.11. The summed E-state index contributed by atoms with van der Waals surface area (Å²) in [5.41, 5.74) is 1.00. The Hall–Kier alpha value is -2.44. The monoisotopic (exact) mass is 262 g/mol. The molecule has 0 unspecified atom stereocenters. The summed E-state index contributed by atoms with van der Waals surface area (Å²) in [5.74, 6) is -0.732. The van der Waals surface area contributed by atoms with E-state index in [0.717, 1.165) is 0 Å². The van der Waals surface area contributed by atoms with Crippen molar-refractivity contribution in [1.82, 2.24) is 19.5 Å². The quantitative estimate of drug-likeness (QED) is 0.744. The van der Waals surface area contributed by atoms with Crippen molar-refractivity contribution < 1.29 is 14.3 Å². The van der Waals surface area contributed by atoms with E-state index < -0.39 is 5.97 Å². The Balaban J connectivity index is 2.17. The predicted octanol–water partition coefficient (Wildman–Crippen LogP) is 0.364. The summed E-state index contributed by atoms with van der Waals surface area (Å²) in [4.78, 5) is 28.8. The van der Waals surface area contributed by atoms with Gasteiger partial charge >= 0.3 is 5.97 Å². The maximum Gasteiger partial charge on any atom is 0.325 e. The van der Waals surface area contributed by atoms with E-state index in [1.54, 1.807) is 37.1 Å². The van der Waals surface area contributed by atoms with Crippen LogP contribution in [0, 0.1) is 0 Å². The fraction of sp³-hybridized carbons (Fsp3) is 0.333. The number of rotatable bonds is 4. The number of hydrogen-bond donors (Lipinski definition) is 0. The highest BCUT2D eigenvalue weighted by atomic mass is 16.5. The Bertz CT molecular complexity index is 608. The molecule has 0 aliphatic carbocycles. The second kappa shape index (κ2) is 5.47. The number of ether oxygens (including phenoxy) is 1. The van der Waals surface area contributed by atoms with Gasteiger partial charge in [0, 0.05) is 19.4 Å². The number of nitrogens with zero attached hydrogens (tertiary/aromatic N) is 4. The first kappa shape index (κ1) is 13.0. The van der Waals surface area contributed by atoms with E-state index >= 15 is 0 Å². The van der Waals surface area contributed by atoms with Crippen molar-refractivity contribution in [2.45, 2.75) is 6.92 Å². The van der Waals surface area contributed by atoms with Gasteiger partial charge in [-0.1, -0.05) is 0 Å². The second-order valence-corrected chi connectivity index (χ2v) is 3.93. The molecule has 2 heterocycles. The summed E-state index contributed by atoms with van der Waals surface area (Å²) in [6, 6.07) is 0. The molecule has 7 heteroatoms. The average molecular weight is 262 g/mol. The third-order valence-corrected chi connectivity index (χ3v) is 2.57. The molecule has 0 atom stereocenters. The zero-order valence-electron chi connectivity index (χ0n) is 10.7. The number of carbonyl (C=O) groups excluding carboxylic acids is 2. The molecule has 2 rings (SSSR count). The number of likely N-dealkylation sites (N-methyl/N-ethyl adjacent to an activating group) is 1. The third kappa shape index (κ3) is 2.70. The molecule has 1 amide bonds. The summed E-state index contributed by atoms with van der Waals surface area (Å²) in [6.45, 7) is 1.92. The summed E-state index contributed by atoms with van der Waals surface area (Å²) >= 11 is 0. The van der Waals surface area contributed by atoms with Crippen molar-refractivity contribution in [2.24, 2.45) is 0 Å². The van der Waals surface area contributed by atoms with Gasteiger partial charge in [-0.3, -0.25) is 14.6 Å². The molecule has 0 saturated heterocycles. The molecular formula is C12H14N4O3. The minimum atomic E-state index is -0.437. The van der Waals surface area contributed by atoms with Crippen LogP contribution in [-0.2, 0) is 9.53 Å². The Morgan fingerprint density at radius 1 is 1.42 bits per heavy atom. The Kier molecular flexibility index (Phi) is 3.74. The normalized spacial score (nSPS) is 10.4. The lowest BCUT2D eigenvalue weighted by Crippen LogP contribution is -2.33. The van der Waals surface area contributed by atoms with Crippen molar-refractivity contribution in [3.8, 4) is 0 Å². The molecule has 0 N–H and O–H groups in total. The molecule has 0 fully saturated rings. The molecule has 0 radical (unpaired) electrons. The first-order chi connectivity index (χ1) is 9.13. The lowest BCUT2D eigenvalue weighted by Gasteiger charge is -2.15. The molecule has 2 aromatic rings. The number of carbonyl (C=O) groups is 2. The van der Waals surface area contributed by atoms with Crippen LogP contribution in [-0.4, -0.2) is 51.6 Å². The average Bonchev–Trinajstić information content (AvgIpc) is 2.81. The van der Waals surface area contributed by atoms with Crippen molar-refractivity contribution in [3.63, 3.8) is 0 Å². The smallest absolute Gasteiger partial charge is 0.325 e. The fourth-order valence-corrected chi connectivity index (χ4v) is 1.68. The molecule has 0 bridgehead atoms. The number of fused-ring (bicyclic) bond motifs is 1. The first-order valence-electron chi connectivity index (χ1n) is 5.82. The van der Waals surface area contributed by atoms with Crippen molar-refractivity contribution >= 4 is 17.4 Å². The number of esters is 1. The maximum absolute atomic E-state index is 12.2. The van der Waals surface area contributed by atoms with Gasteiger partial charge in [0.05, 0.1) is 30.1 Å². The van der Waals surface area contributed by atoms with Gasteiger partial charge in [-0.2, -0.15) is 5.10 Å². The molecule has 19 heavy (non-hydrogen) atoms. The summed E-state index contributed by atoms with van der Waals surface area (Å²) < 4.78 is 6.36. The minimum absolute atomic E-state index is 0.0930. The van der Waals surface area contributed by atoms with Crippen LogP contribution >= 0.6 is 0 Å². The van der Waals surface area contributed by atoms with Gasteiger partial charge in [0.15, 0.2) is 0 Å². The van der Waals surface area contributed by atoms with E-state index in [-0.39, 0.29) is 12.5 Å². The van der Waals surface area contributed by atoms with Gasteiger partial charge in [-0.25, -0.2) is 4.52 Å². The lowest BCUT2D eigenvalue weighted by atomic mass is 10.2. The molecule has 0 spiro atoms. The van der Waals surface area contributed by atoms with E-state index in [9.17, 15) is 9.59 Å². The Morgan fingerprint density at radius 3 is 2.95 bits per heavy atom. The van der Waals surface area contributed by atoms with Crippen molar-refractivity contribution in [2.75, 3.05) is 20.2 Å². The second-order valence-electron chi connectivity index (χ2n) is 3.93.